The first-order chi connectivity index (χ1) is 10.0. The molecule has 36 heteroatoms. The summed E-state index contributed by atoms with van der Waals surface area (Å²) in [5, 5.41) is 0. The normalized spacial score (nSPS) is 8.19. The average molecular weight is 1270 g/mol. The van der Waals surface area contributed by atoms with E-state index in [4.69, 9.17) is 96.2 Å². The van der Waals surface area contributed by atoms with E-state index in [2.05, 4.69) is 0 Å². The number of phosphoric acid groups is 5. The molecule has 0 rings (SSSR count). The van der Waals surface area contributed by atoms with Gasteiger partial charge in [-0.1, -0.05) is 0 Å². The zero-order valence-corrected chi connectivity index (χ0v) is 35.7. The third kappa shape index (κ3) is 2480. The molecule has 0 spiro atoms. The molecular weight excluding hydrogens is 1260 g/mol. The van der Waals surface area contributed by atoms with Gasteiger partial charge in [-0.05, 0) is 0 Å². The number of hydrogen-bond acceptors (Lipinski definition) is 20. The minimum absolute atomic E-state index is 0. The third-order valence-electron chi connectivity index (χ3n) is 0. The van der Waals surface area contributed by atoms with Crippen LogP contribution >= 0.6 is 39.1 Å². The molecule has 0 aliphatic carbocycles. The molecule has 6 radical (unpaired) electrons. The Kier molecular flexibility index (Phi) is 144. The summed E-state index contributed by atoms with van der Waals surface area (Å²) in [6.07, 6.45) is 0. The monoisotopic (exact) mass is 1270 g/mol. The van der Waals surface area contributed by atoms with Crippen LogP contribution in [0, 0.1) is 0 Å². The number of rotatable bonds is 0. The second kappa shape index (κ2) is 49.4. The molecule has 0 aliphatic rings. The Balaban J connectivity index is -0.00000000922. The van der Waals surface area contributed by atoms with Crippen molar-refractivity contribution in [2.45, 2.75) is 0 Å². The molecule has 0 saturated heterocycles. The summed E-state index contributed by atoms with van der Waals surface area (Å²) < 4.78 is 43.3. The van der Waals surface area contributed by atoms with E-state index in [0.717, 1.165) is 0 Å². The summed E-state index contributed by atoms with van der Waals surface area (Å²) in [6, 6.07) is 0. The van der Waals surface area contributed by atoms with Gasteiger partial charge in [-0.15, -0.1) is 0 Å². The van der Waals surface area contributed by atoms with Crippen molar-refractivity contribution in [2.24, 2.45) is 0 Å². The van der Waals surface area contributed by atoms with E-state index in [1.165, 1.54) is 0 Å². The molecule has 0 aromatic rings. The van der Waals surface area contributed by atoms with Crippen LogP contribution in [0.2, 0.25) is 0 Å². The maximum atomic E-state index is 8.66. The fraction of sp³-hybridized carbons (Fsp3) is 0. The Morgan fingerprint density at radius 2 is 0.306 bits per heavy atom. The van der Waals surface area contributed by atoms with Crippen molar-refractivity contribution in [1.29, 1.82) is 0 Å². The molecule has 36 heavy (non-hydrogen) atoms. The first-order valence-corrected chi connectivity index (χ1v) is 11.2. The summed E-state index contributed by atoms with van der Waals surface area (Å²) in [5.74, 6) is 0. The predicted octanol–water partition coefficient (Wildman–Crippen LogP) is -14.1. The van der Waals surface area contributed by atoms with Gasteiger partial charge in [0, 0.05) is 0 Å². The van der Waals surface area contributed by atoms with Gasteiger partial charge < -0.3 is 124 Å². The van der Waals surface area contributed by atoms with Crippen molar-refractivity contribution in [3.05, 3.63) is 0 Å². The minimum Gasteiger partial charge on any atom is -0.870 e. The van der Waals surface area contributed by atoms with Crippen molar-refractivity contribution in [1.82, 2.24) is 0 Å². The van der Waals surface area contributed by atoms with E-state index in [1.807, 2.05) is 0 Å². The van der Waals surface area contributed by atoms with E-state index < -0.39 is 39.1 Å². The average Bonchev–Trinajstić information content (AvgIpc) is 1.79. The van der Waals surface area contributed by atoms with Crippen LogP contribution in [0.3, 0.4) is 0 Å². The molecule has 206 valence electrons. The molecule has 0 amide bonds. The van der Waals surface area contributed by atoms with Crippen LogP contribution in [-0.2, 0) is 22.8 Å². The van der Waals surface area contributed by atoms with Gasteiger partial charge in [0.25, 0.3) is 0 Å². The molecule has 25 nitrogen and oxygen atoms in total. The second-order valence-electron chi connectivity index (χ2n) is 2.34. The van der Waals surface area contributed by atoms with Crippen molar-refractivity contribution in [3.8, 4) is 0 Å². The molecule has 0 fully saturated rings. The first kappa shape index (κ1) is 105. The Hall–Kier alpha value is 4.71. The molecule has 0 atom stereocenters. The van der Waals surface area contributed by atoms with Crippen LogP contribution in [0.25, 0.3) is 0 Å². The van der Waals surface area contributed by atoms with Gasteiger partial charge in [0.05, 0.1) is 39.1 Å². The minimum atomic E-state index is -5.14. The zero-order valence-electron chi connectivity index (χ0n) is 16.1. The Bertz CT molecular complexity index is 396. The molecule has 0 aromatic carbocycles. The largest absolute Gasteiger partial charge is 3.00 e. The summed E-state index contributed by atoms with van der Waals surface area (Å²) >= 11 is 0. The van der Waals surface area contributed by atoms with E-state index in [-0.39, 0.29) is 161 Å². The maximum absolute atomic E-state index is 8.66. The van der Waals surface area contributed by atoms with Gasteiger partial charge in [-0.3, -0.25) is 0 Å². The summed E-state index contributed by atoms with van der Waals surface area (Å²) in [7, 11) is -25.7. The standard InChI is InChI=1S/3Al.5H3O4P.5H2O.3Pb/c;;;5*1-5(2,3)4;;;;;;;;/h;;;5*(H3,1,2,3,4);5*1H2;;;/q3*+3;;;;;;;;;;;3*+2/p-15. The molecule has 10 N–H and O–H groups in total. The van der Waals surface area contributed by atoms with E-state index >= 15 is 0 Å². The topological polar surface area (TPSA) is 567 Å². The van der Waals surface area contributed by atoms with Crippen molar-refractivity contribution >= 4 is 173 Å². The van der Waals surface area contributed by atoms with Crippen LogP contribution in [0.4, 0.5) is 0 Å². The first-order valence-electron chi connectivity index (χ1n) is 3.74. The van der Waals surface area contributed by atoms with Gasteiger partial charge in [-0.25, -0.2) is 0 Å². The fourth-order valence-corrected chi connectivity index (χ4v) is 0. The Morgan fingerprint density at radius 1 is 0.306 bits per heavy atom. The van der Waals surface area contributed by atoms with E-state index in [9.17, 15) is 0 Å². The van der Waals surface area contributed by atoms with Gasteiger partial charge >= 0.3 is 134 Å². The molecule has 0 unspecified atom stereocenters. The van der Waals surface area contributed by atoms with Crippen LogP contribution in [0.5, 0.6) is 0 Å². The van der Waals surface area contributed by atoms with Crippen molar-refractivity contribution in [2.75, 3.05) is 0 Å². The summed E-state index contributed by atoms with van der Waals surface area (Å²) in [6.45, 7) is 0. The van der Waals surface area contributed by atoms with Gasteiger partial charge in [0.1, 0.15) is 0 Å². The smallest absolute Gasteiger partial charge is 0.870 e. The van der Waals surface area contributed by atoms with Crippen LogP contribution in [-0.4, -0.2) is 186 Å². The summed E-state index contributed by atoms with van der Waals surface area (Å²) in [4.78, 5) is 121. The quantitative estimate of drug-likeness (QED) is 0.111. The Labute approximate surface area is 293 Å². The van der Waals surface area contributed by atoms with Gasteiger partial charge in [0.2, 0.25) is 0 Å². The predicted molar refractivity (Wildman–Crippen MR) is 93.3 cm³/mol. The van der Waals surface area contributed by atoms with Crippen LogP contribution in [0.15, 0.2) is 0 Å². The third-order valence-corrected chi connectivity index (χ3v) is 0. The zero-order chi connectivity index (χ0) is 22.5. The van der Waals surface area contributed by atoms with E-state index in [0.29, 0.717) is 0 Å². The molecule has 0 aliphatic heterocycles. The SMILES string of the molecule is O=P([O-])([O-])O.O=P([O-])([O-])O.O=P([O-])([O-])O.O=P([O-])([O-])O.O=P([O-])([O-])O.[Al+3].[Al+3].[Al+3].[OH-].[OH-].[OH-].[OH-].[OH-].[Pb+2].[Pb+2].[Pb+2]. The van der Waals surface area contributed by atoms with Gasteiger partial charge in [-0.2, -0.15) is 0 Å². The summed E-state index contributed by atoms with van der Waals surface area (Å²) in [5.41, 5.74) is 0. The van der Waals surface area contributed by atoms with Crippen LogP contribution in [0.1, 0.15) is 0 Å². The van der Waals surface area contributed by atoms with Crippen LogP contribution < -0.4 is 48.9 Å². The van der Waals surface area contributed by atoms with Crippen molar-refractivity contribution in [3.63, 3.8) is 0 Å². The molecule has 0 bridgehead atoms. The molecule has 0 aromatic heterocycles. The van der Waals surface area contributed by atoms with Crippen molar-refractivity contribution < 1.29 is 124 Å². The maximum Gasteiger partial charge on any atom is 3.00 e. The molecule has 0 heterocycles. The molecular formula is H10Al3O25P5Pb3. The van der Waals surface area contributed by atoms with E-state index in [1.54, 1.807) is 0 Å². The number of hydrogen-bond donors (Lipinski definition) is 5. The fourth-order valence-electron chi connectivity index (χ4n) is 0. The van der Waals surface area contributed by atoms with Gasteiger partial charge in [0.15, 0.2) is 0 Å². The second-order valence-corrected chi connectivity index (χ2v) is 7.03. The molecule has 0 saturated carbocycles. The Morgan fingerprint density at radius 3 is 0.306 bits per heavy atom.